The van der Waals surface area contributed by atoms with Crippen molar-refractivity contribution in [2.24, 2.45) is 12.0 Å². The zero-order valence-electron chi connectivity index (χ0n) is 15.3. The van der Waals surface area contributed by atoms with Crippen LogP contribution in [0.3, 0.4) is 0 Å². The molecular weight excluding hydrogens is 316 g/mol. The average molecular weight is 344 g/mol. The molecule has 25 heavy (non-hydrogen) atoms. The Balaban J connectivity index is 1.70. The molecule has 0 saturated heterocycles. The molecule has 0 fully saturated rings. The largest absolute Gasteiger partial charge is 0.497 e. The van der Waals surface area contributed by atoms with Crippen molar-refractivity contribution in [3.63, 3.8) is 0 Å². The molecule has 0 aliphatic carbocycles. The highest BCUT2D eigenvalue weighted by Gasteiger charge is 2.01. The van der Waals surface area contributed by atoms with E-state index in [0.29, 0.717) is 6.54 Å². The van der Waals surface area contributed by atoms with Gasteiger partial charge in [0.15, 0.2) is 5.96 Å². The lowest BCUT2D eigenvalue weighted by Gasteiger charge is -2.11. The van der Waals surface area contributed by atoms with Crippen molar-refractivity contribution in [3.05, 3.63) is 42.0 Å². The number of aryl methyl sites for hydroxylation is 2. The number of hydrogen-bond donors (Lipinski definition) is 2. The van der Waals surface area contributed by atoms with Crippen LogP contribution in [0.25, 0.3) is 0 Å². The molecular formula is C18H28N6O. The molecule has 1 aromatic heterocycles. The normalized spacial score (nSPS) is 11.4. The van der Waals surface area contributed by atoms with E-state index in [9.17, 15) is 0 Å². The van der Waals surface area contributed by atoms with Crippen LogP contribution in [0.1, 0.15) is 31.2 Å². The summed E-state index contributed by atoms with van der Waals surface area (Å²) in [5.41, 5.74) is 1.34. The fourth-order valence-corrected chi connectivity index (χ4v) is 2.41. The van der Waals surface area contributed by atoms with Gasteiger partial charge < -0.3 is 15.4 Å². The van der Waals surface area contributed by atoms with E-state index in [1.165, 1.54) is 5.56 Å². The quantitative estimate of drug-likeness (QED) is 0.413. The van der Waals surface area contributed by atoms with Gasteiger partial charge >= 0.3 is 0 Å². The van der Waals surface area contributed by atoms with Crippen LogP contribution in [0.5, 0.6) is 5.75 Å². The van der Waals surface area contributed by atoms with Gasteiger partial charge in [-0.2, -0.15) is 5.10 Å². The third kappa shape index (κ3) is 6.45. The number of ether oxygens (including phenoxy) is 1. The second kappa shape index (κ2) is 10.3. The SMILES string of the molecule is CCNC(=NCc1ncnn1C)NCCCCc1ccc(OC)cc1. The Morgan fingerprint density at radius 2 is 2.00 bits per heavy atom. The van der Waals surface area contributed by atoms with Crippen LogP contribution in [0.15, 0.2) is 35.6 Å². The Kier molecular flexibility index (Phi) is 7.75. The molecule has 0 bridgehead atoms. The predicted molar refractivity (Wildman–Crippen MR) is 99.8 cm³/mol. The summed E-state index contributed by atoms with van der Waals surface area (Å²) in [6.07, 6.45) is 4.82. The van der Waals surface area contributed by atoms with Gasteiger partial charge in [-0.05, 0) is 43.9 Å². The van der Waals surface area contributed by atoms with Gasteiger partial charge in [-0.15, -0.1) is 0 Å². The van der Waals surface area contributed by atoms with Crippen molar-refractivity contribution in [2.75, 3.05) is 20.2 Å². The number of nitrogens with zero attached hydrogens (tertiary/aromatic N) is 4. The van der Waals surface area contributed by atoms with Gasteiger partial charge in [-0.3, -0.25) is 4.68 Å². The van der Waals surface area contributed by atoms with Gasteiger partial charge in [-0.25, -0.2) is 9.98 Å². The van der Waals surface area contributed by atoms with E-state index >= 15 is 0 Å². The number of benzene rings is 1. The van der Waals surface area contributed by atoms with Crippen LogP contribution in [-0.4, -0.2) is 40.9 Å². The lowest BCUT2D eigenvalue weighted by atomic mass is 10.1. The van der Waals surface area contributed by atoms with Gasteiger partial charge in [-0.1, -0.05) is 12.1 Å². The highest BCUT2D eigenvalue weighted by Crippen LogP contribution is 2.12. The third-order valence-corrected chi connectivity index (χ3v) is 3.87. The first kappa shape index (κ1) is 18.8. The highest BCUT2D eigenvalue weighted by molar-refractivity contribution is 5.79. The molecule has 2 N–H and O–H groups in total. The number of hydrogen-bond acceptors (Lipinski definition) is 4. The van der Waals surface area contributed by atoms with Crippen LogP contribution in [0, 0.1) is 0 Å². The van der Waals surface area contributed by atoms with Crippen molar-refractivity contribution in [1.82, 2.24) is 25.4 Å². The molecule has 0 saturated carbocycles. The van der Waals surface area contributed by atoms with Crippen LogP contribution in [0.2, 0.25) is 0 Å². The summed E-state index contributed by atoms with van der Waals surface area (Å²) >= 11 is 0. The van der Waals surface area contributed by atoms with E-state index in [1.807, 2.05) is 19.2 Å². The van der Waals surface area contributed by atoms with E-state index in [4.69, 9.17) is 4.74 Å². The van der Waals surface area contributed by atoms with Crippen molar-refractivity contribution < 1.29 is 4.74 Å². The monoisotopic (exact) mass is 344 g/mol. The van der Waals surface area contributed by atoms with E-state index < -0.39 is 0 Å². The van der Waals surface area contributed by atoms with E-state index in [-0.39, 0.29) is 0 Å². The topological polar surface area (TPSA) is 76.4 Å². The molecule has 1 aromatic carbocycles. The summed E-state index contributed by atoms with van der Waals surface area (Å²) < 4.78 is 6.92. The number of rotatable bonds is 9. The zero-order valence-corrected chi connectivity index (χ0v) is 15.3. The molecule has 2 rings (SSSR count). The fraction of sp³-hybridized carbons (Fsp3) is 0.500. The maximum atomic E-state index is 5.18. The molecule has 0 amide bonds. The minimum Gasteiger partial charge on any atom is -0.497 e. The zero-order chi connectivity index (χ0) is 17.9. The lowest BCUT2D eigenvalue weighted by molar-refractivity contribution is 0.414. The number of aliphatic imine (C=N–C) groups is 1. The smallest absolute Gasteiger partial charge is 0.191 e. The maximum absolute atomic E-state index is 5.18. The summed E-state index contributed by atoms with van der Waals surface area (Å²) in [5.74, 6) is 2.56. The Bertz CT molecular complexity index is 650. The van der Waals surface area contributed by atoms with Crippen molar-refractivity contribution in [3.8, 4) is 5.75 Å². The van der Waals surface area contributed by atoms with E-state index in [0.717, 1.165) is 49.9 Å². The maximum Gasteiger partial charge on any atom is 0.191 e. The Labute approximate surface area is 149 Å². The average Bonchev–Trinajstić information content (AvgIpc) is 3.04. The van der Waals surface area contributed by atoms with Gasteiger partial charge in [0.2, 0.25) is 0 Å². The first-order valence-electron chi connectivity index (χ1n) is 8.71. The molecule has 2 aromatic rings. The molecule has 1 heterocycles. The van der Waals surface area contributed by atoms with Crippen molar-refractivity contribution >= 4 is 5.96 Å². The van der Waals surface area contributed by atoms with Crippen LogP contribution in [0.4, 0.5) is 0 Å². The Hall–Kier alpha value is -2.57. The van der Waals surface area contributed by atoms with Gasteiger partial charge in [0.25, 0.3) is 0 Å². The fourth-order valence-electron chi connectivity index (χ4n) is 2.41. The third-order valence-electron chi connectivity index (χ3n) is 3.87. The second-order valence-electron chi connectivity index (χ2n) is 5.73. The molecule has 0 aliphatic rings. The predicted octanol–water partition coefficient (Wildman–Crippen LogP) is 1.90. The molecule has 7 heteroatoms. The first-order chi connectivity index (χ1) is 12.2. The van der Waals surface area contributed by atoms with E-state index in [2.05, 4.69) is 44.8 Å². The number of aromatic nitrogens is 3. The summed E-state index contributed by atoms with van der Waals surface area (Å²) in [6, 6.07) is 8.27. The summed E-state index contributed by atoms with van der Waals surface area (Å²) in [7, 11) is 3.56. The van der Waals surface area contributed by atoms with Crippen molar-refractivity contribution in [1.29, 1.82) is 0 Å². The Morgan fingerprint density at radius 1 is 1.20 bits per heavy atom. The van der Waals surface area contributed by atoms with Crippen molar-refractivity contribution in [2.45, 2.75) is 32.7 Å². The number of unbranched alkanes of at least 4 members (excludes halogenated alkanes) is 1. The lowest BCUT2D eigenvalue weighted by Crippen LogP contribution is -2.37. The second-order valence-corrected chi connectivity index (χ2v) is 5.73. The minimum atomic E-state index is 0.512. The summed E-state index contributed by atoms with van der Waals surface area (Å²) in [4.78, 5) is 8.73. The summed E-state index contributed by atoms with van der Waals surface area (Å²) in [5, 5.41) is 10.7. The first-order valence-corrected chi connectivity index (χ1v) is 8.71. The highest BCUT2D eigenvalue weighted by atomic mass is 16.5. The molecule has 7 nitrogen and oxygen atoms in total. The number of guanidine groups is 1. The van der Waals surface area contributed by atoms with Crippen LogP contribution >= 0.6 is 0 Å². The molecule has 0 atom stereocenters. The molecule has 0 radical (unpaired) electrons. The molecule has 136 valence electrons. The van der Waals surface area contributed by atoms with Crippen LogP contribution in [-0.2, 0) is 20.0 Å². The molecule has 0 unspecified atom stereocenters. The number of methoxy groups -OCH3 is 1. The van der Waals surface area contributed by atoms with Crippen LogP contribution < -0.4 is 15.4 Å². The summed E-state index contributed by atoms with van der Waals surface area (Å²) in [6.45, 7) is 4.29. The minimum absolute atomic E-state index is 0.512. The molecule has 0 spiro atoms. The Morgan fingerprint density at radius 3 is 2.64 bits per heavy atom. The van der Waals surface area contributed by atoms with Gasteiger partial charge in [0.1, 0.15) is 24.4 Å². The molecule has 0 aliphatic heterocycles. The van der Waals surface area contributed by atoms with Gasteiger partial charge in [0.05, 0.1) is 7.11 Å². The standard InChI is InChI=1S/C18H28N6O/c1-4-19-18(21-13-17-22-14-23-24(17)2)20-12-6-5-7-15-8-10-16(25-3)11-9-15/h8-11,14H,4-7,12-13H2,1-3H3,(H2,19,20,21). The van der Waals surface area contributed by atoms with E-state index in [1.54, 1.807) is 18.1 Å². The van der Waals surface area contributed by atoms with Gasteiger partial charge in [0, 0.05) is 20.1 Å². The number of nitrogens with one attached hydrogen (secondary N) is 2.